The van der Waals surface area contributed by atoms with Crippen LogP contribution in [0.4, 0.5) is 8.78 Å². The third-order valence-corrected chi connectivity index (χ3v) is 3.48. The molecule has 16 heteroatoms. The zero-order valence-corrected chi connectivity index (χ0v) is 15.0. The number of alkyl halides is 5. The molecule has 144 valence electrons. The number of carbonyl (C=O) groups is 1. The van der Waals surface area contributed by atoms with Crippen LogP contribution in [0.25, 0.3) is 20.9 Å². The Labute approximate surface area is 159 Å². The first-order valence-corrected chi connectivity index (χ1v) is 7.66. The van der Waals surface area contributed by atoms with Gasteiger partial charge < -0.3 is 14.2 Å². The highest BCUT2D eigenvalue weighted by Gasteiger charge is 2.61. The van der Waals surface area contributed by atoms with Gasteiger partial charge in [-0.2, -0.15) is 0 Å². The van der Waals surface area contributed by atoms with Crippen LogP contribution in [-0.2, 0) is 19.0 Å². The maximum absolute atomic E-state index is 14.7. The van der Waals surface area contributed by atoms with E-state index in [1.54, 1.807) is 0 Å². The molecular weight excluding hydrogens is 427 g/mol. The zero-order valence-electron chi connectivity index (χ0n) is 12.7. The molecule has 1 fully saturated rings. The van der Waals surface area contributed by atoms with Crippen LogP contribution < -0.4 is 0 Å². The smallest absolute Gasteiger partial charge is 0.303 e. The van der Waals surface area contributed by atoms with Crippen molar-refractivity contribution in [3.63, 3.8) is 0 Å². The molecule has 1 aliphatic rings. The summed E-state index contributed by atoms with van der Waals surface area (Å²) in [5.74, 6) is -6.20. The number of carbonyl (C=O) groups excluding carboxylic acids is 1. The predicted octanol–water partition coefficient (Wildman–Crippen LogP) is 3.63. The van der Waals surface area contributed by atoms with Gasteiger partial charge in [0.2, 0.25) is 12.2 Å². The zero-order chi connectivity index (χ0) is 20.1. The average Bonchev–Trinajstić information content (AvgIpc) is 2.51. The van der Waals surface area contributed by atoms with Gasteiger partial charge in [-0.3, -0.25) is 10.2 Å². The molecule has 1 heterocycles. The number of hydrogen-bond donors (Lipinski definition) is 1. The van der Waals surface area contributed by atoms with Crippen molar-refractivity contribution >= 4 is 46.7 Å². The van der Waals surface area contributed by atoms with E-state index < -0.39 is 52.7 Å². The van der Waals surface area contributed by atoms with Crippen LogP contribution in [0.5, 0.6) is 0 Å². The SMILES string of the molecule is CC(=O)O[C@@H]1[C@@H](CN=[N+]=[N-])O[C@@H](OC(=N)C(Cl)(Cl)Cl)[C@H](N=[N+]=[N-])C1(F)F. The van der Waals surface area contributed by atoms with Crippen molar-refractivity contribution in [1.82, 2.24) is 0 Å². The second kappa shape index (κ2) is 8.76. The summed E-state index contributed by atoms with van der Waals surface area (Å²) in [7, 11) is 0. The summed E-state index contributed by atoms with van der Waals surface area (Å²) in [5.41, 5.74) is 16.9. The number of rotatable bonds is 5. The molecule has 1 aliphatic heterocycles. The number of esters is 1. The van der Waals surface area contributed by atoms with Crippen molar-refractivity contribution in [3.05, 3.63) is 20.9 Å². The molecule has 0 saturated carbocycles. The van der Waals surface area contributed by atoms with E-state index in [4.69, 9.17) is 60.7 Å². The first-order chi connectivity index (χ1) is 11.9. The van der Waals surface area contributed by atoms with Crippen molar-refractivity contribution < 1.29 is 27.8 Å². The second-order valence-corrected chi connectivity index (χ2v) is 7.04. The second-order valence-electron chi connectivity index (χ2n) is 4.76. The monoisotopic (exact) mass is 435 g/mol. The quantitative estimate of drug-likeness (QED) is 0.132. The Balaban J connectivity index is 3.29. The summed E-state index contributed by atoms with van der Waals surface area (Å²) >= 11 is 16.2. The van der Waals surface area contributed by atoms with E-state index in [9.17, 15) is 13.6 Å². The molecule has 11 nitrogen and oxygen atoms in total. The summed E-state index contributed by atoms with van der Waals surface area (Å²) in [6.07, 6.45) is -6.04. The lowest BCUT2D eigenvalue weighted by Gasteiger charge is -2.43. The molecule has 1 N–H and O–H groups in total. The molecule has 0 bridgehead atoms. The Hall–Kier alpha value is -1.75. The highest BCUT2D eigenvalue weighted by atomic mass is 35.6. The fourth-order valence-corrected chi connectivity index (χ4v) is 2.10. The van der Waals surface area contributed by atoms with Gasteiger partial charge in [-0.25, -0.2) is 8.78 Å². The topological polar surface area (TPSA) is 166 Å². The largest absolute Gasteiger partial charge is 0.453 e. The van der Waals surface area contributed by atoms with E-state index in [0.29, 0.717) is 0 Å². The molecule has 0 aliphatic carbocycles. The van der Waals surface area contributed by atoms with Crippen LogP contribution in [0.1, 0.15) is 6.92 Å². The van der Waals surface area contributed by atoms with Crippen molar-refractivity contribution in [3.8, 4) is 0 Å². The Morgan fingerprint density at radius 1 is 1.35 bits per heavy atom. The van der Waals surface area contributed by atoms with Crippen LogP contribution in [0.2, 0.25) is 0 Å². The highest BCUT2D eigenvalue weighted by molar-refractivity contribution is 6.76. The molecule has 0 unspecified atom stereocenters. The first-order valence-electron chi connectivity index (χ1n) is 6.53. The van der Waals surface area contributed by atoms with Crippen LogP contribution in [-0.4, -0.2) is 52.7 Å². The normalized spacial score (nSPS) is 27.5. The fraction of sp³-hybridized carbons (Fsp3) is 0.800. The molecule has 1 saturated heterocycles. The molecule has 0 radical (unpaired) electrons. The van der Waals surface area contributed by atoms with Gasteiger partial charge in [0.05, 0.1) is 6.54 Å². The Morgan fingerprint density at radius 3 is 2.42 bits per heavy atom. The molecule has 26 heavy (non-hydrogen) atoms. The molecule has 0 aromatic carbocycles. The van der Waals surface area contributed by atoms with E-state index >= 15 is 0 Å². The Kier molecular flexibility index (Phi) is 7.51. The van der Waals surface area contributed by atoms with Gasteiger partial charge in [-0.05, 0) is 11.1 Å². The molecule has 1 rings (SSSR count). The number of nitrogens with one attached hydrogen (secondary N) is 1. The average molecular weight is 437 g/mol. The Bertz CT molecular complexity index is 663. The number of halogens is 5. The van der Waals surface area contributed by atoms with Crippen LogP contribution >= 0.6 is 34.8 Å². The number of azide groups is 2. The van der Waals surface area contributed by atoms with Crippen molar-refractivity contribution in [2.24, 2.45) is 10.2 Å². The predicted molar refractivity (Wildman–Crippen MR) is 85.2 cm³/mol. The van der Waals surface area contributed by atoms with Crippen LogP contribution in [0.15, 0.2) is 10.2 Å². The fourth-order valence-electron chi connectivity index (χ4n) is 1.97. The lowest BCUT2D eigenvalue weighted by Crippen LogP contribution is -2.64. The van der Waals surface area contributed by atoms with Crippen LogP contribution in [0.3, 0.4) is 0 Å². The van der Waals surface area contributed by atoms with E-state index in [2.05, 4.69) is 24.8 Å². The molecule has 4 atom stereocenters. The lowest BCUT2D eigenvalue weighted by atomic mass is 9.95. The van der Waals surface area contributed by atoms with E-state index in [0.717, 1.165) is 6.92 Å². The third-order valence-electron chi connectivity index (χ3n) is 2.96. The number of hydrogen-bond acceptors (Lipinski definition) is 7. The van der Waals surface area contributed by atoms with E-state index in [1.807, 2.05) is 0 Å². The summed E-state index contributed by atoms with van der Waals surface area (Å²) in [6.45, 7) is 0.179. The third kappa shape index (κ3) is 5.37. The molecule has 0 amide bonds. The van der Waals surface area contributed by atoms with Gasteiger partial charge in [0.25, 0.3) is 3.79 Å². The maximum Gasteiger partial charge on any atom is 0.303 e. The minimum atomic E-state index is -4.02. The first kappa shape index (κ1) is 22.3. The number of nitrogens with zero attached hydrogens (tertiary/aromatic N) is 6. The molecule has 0 aromatic rings. The Morgan fingerprint density at radius 2 is 1.96 bits per heavy atom. The van der Waals surface area contributed by atoms with Gasteiger partial charge in [0.15, 0.2) is 12.1 Å². The maximum atomic E-state index is 14.7. The van der Waals surface area contributed by atoms with Crippen molar-refractivity contribution in [2.45, 2.75) is 41.2 Å². The molecule has 0 aromatic heterocycles. The summed E-state index contributed by atoms with van der Waals surface area (Å²) in [5, 5.41) is 13.4. The van der Waals surface area contributed by atoms with Crippen molar-refractivity contribution in [1.29, 1.82) is 5.41 Å². The molecule has 0 spiro atoms. The van der Waals surface area contributed by atoms with Crippen molar-refractivity contribution in [2.75, 3.05) is 6.54 Å². The van der Waals surface area contributed by atoms with Gasteiger partial charge in [-0.15, -0.1) is 0 Å². The number of ether oxygens (including phenoxy) is 3. The minimum absolute atomic E-state index is 0.687. The van der Waals surface area contributed by atoms with E-state index in [-0.39, 0.29) is 0 Å². The van der Waals surface area contributed by atoms with Gasteiger partial charge in [0.1, 0.15) is 6.10 Å². The lowest BCUT2D eigenvalue weighted by molar-refractivity contribution is -0.289. The summed E-state index contributed by atoms with van der Waals surface area (Å²) < 4.78 is 41.5. The van der Waals surface area contributed by atoms with Gasteiger partial charge in [-0.1, -0.05) is 45.0 Å². The molecular formula is C10H10Cl3F2N7O4. The van der Waals surface area contributed by atoms with Gasteiger partial charge >= 0.3 is 11.9 Å². The summed E-state index contributed by atoms with van der Waals surface area (Å²) in [6, 6.07) is -2.38. The highest BCUT2D eigenvalue weighted by Crippen LogP contribution is 2.40. The minimum Gasteiger partial charge on any atom is -0.453 e. The van der Waals surface area contributed by atoms with Gasteiger partial charge in [0, 0.05) is 16.7 Å². The standard InChI is InChI=1S/C10H10Cl3F2N7O4/c1-3(23)24-6-4(2-19-21-17)25-7(26-8(16)10(11,12)13)5(20-22-18)9(6,14)15/h4-7,16H,2H2,1H3/t4-,5+,6-,7+/m1/s1. The van der Waals surface area contributed by atoms with E-state index in [1.165, 1.54) is 0 Å². The van der Waals surface area contributed by atoms with Crippen LogP contribution in [0, 0.1) is 5.41 Å². The summed E-state index contributed by atoms with van der Waals surface area (Å²) in [4.78, 5) is 15.8.